The van der Waals surface area contributed by atoms with E-state index in [4.69, 9.17) is 33.2 Å². The van der Waals surface area contributed by atoms with Crippen molar-refractivity contribution in [3.63, 3.8) is 0 Å². The highest BCUT2D eigenvalue weighted by Gasteiger charge is 2.36. The molecule has 252 valence electrons. The fraction of sp³-hybridized carbons (Fsp3) is 0.0769. The molecular weight excluding hydrogens is 788 g/mol. The Hall–Kier alpha value is -4.39. The van der Waals surface area contributed by atoms with Crippen LogP contribution in [0.1, 0.15) is 34.7 Å². The summed E-state index contributed by atoms with van der Waals surface area (Å²) in [6.07, 6.45) is 13.7. The lowest BCUT2D eigenvalue weighted by molar-refractivity contribution is -2.00. The molecule has 0 amide bonds. The van der Waals surface area contributed by atoms with Gasteiger partial charge in [-0.25, -0.2) is 18.6 Å². The third kappa shape index (κ3) is 9.04. The van der Waals surface area contributed by atoms with Crippen molar-refractivity contribution in [2.24, 2.45) is 5.10 Å². The van der Waals surface area contributed by atoms with Gasteiger partial charge in [-0.2, -0.15) is 0 Å². The maximum absolute atomic E-state index is 8.49. The number of benzene rings is 4. The first-order valence-electron chi connectivity index (χ1n) is 15.3. The van der Waals surface area contributed by atoms with Gasteiger partial charge in [-0.15, -0.1) is 10.2 Å². The molecule has 0 saturated carbocycles. The van der Waals surface area contributed by atoms with Crippen molar-refractivity contribution < 1.29 is 43.0 Å². The Morgan fingerprint density at radius 3 is 1.68 bits per heavy atom. The summed E-state index contributed by atoms with van der Waals surface area (Å²) >= 11 is 7.10. The van der Waals surface area contributed by atoms with Crippen molar-refractivity contribution in [1.29, 1.82) is 0 Å². The van der Waals surface area contributed by atoms with E-state index in [0.29, 0.717) is 0 Å². The smallest absolute Gasteiger partial charge is 0.232 e. The van der Waals surface area contributed by atoms with Gasteiger partial charge < -0.3 is 9.47 Å². The van der Waals surface area contributed by atoms with E-state index in [9.17, 15) is 0 Å². The Balaban J connectivity index is 0.000000808. The minimum absolute atomic E-state index is 0.0951. The molecule has 2 aliphatic heterocycles. The lowest BCUT2D eigenvalue weighted by Gasteiger charge is -2.20. The highest BCUT2D eigenvalue weighted by Crippen LogP contribution is 2.36. The zero-order valence-corrected chi connectivity index (χ0v) is 30.5. The summed E-state index contributed by atoms with van der Waals surface area (Å²) in [6, 6.07) is 35.2. The van der Waals surface area contributed by atoms with Gasteiger partial charge in [-0.3, -0.25) is 0 Å². The molecule has 0 fully saturated rings. The van der Waals surface area contributed by atoms with E-state index in [0.717, 1.165) is 71.9 Å². The number of allylic oxidation sites excluding steroid dienone is 8. The number of nitrogens with zero attached hydrogens (tertiary/aromatic N) is 2. The lowest BCUT2D eigenvalue weighted by atomic mass is 9.96. The molecule has 8 nitrogen and oxygen atoms in total. The fourth-order valence-corrected chi connectivity index (χ4v) is 6.16. The predicted molar refractivity (Wildman–Crippen MR) is 189 cm³/mol. The predicted octanol–water partition coefficient (Wildman–Crippen LogP) is 5.30. The molecule has 3 aliphatic rings. The first-order valence-corrected chi connectivity index (χ1v) is 18.1. The number of hydrogen-bond donors (Lipinski definition) is 0. The molecule has 1 atom stereocenters. The largest absolute Gasteiger partial charge is 0.497 e. The second-order valence-electron chi connectivity index (χ2n) is 11.3. The third-order valence-electron chi connectivity index (χ3n) is 8.03. The fourth-order valence-electron chi connectivity index (χ4n) is 5.63. The van der Waals surface area contributed by atoms with Crippen LogP contribution in [-0.2, 0) is 4.74 Å². The zero-order valence-electron chi connectivity index (χ0n) is 26.5. The Morgan fingerprint density at radius 1 is 0.680 bits per heavy atom. The monoisotopic (exact) mass is 814 g/mol. The van der Waals surface area contributed by atoms with Crippen LogP contribution in [0.15, 0.2) is 165 Å². The van der Waals surface area contributed by atoms with Crippen LogP contribution < -0.4 is 23.4 Å². The highest BCUT2D eigenvalue weighted by molar-refractivity contribution is 9.10. The summed E-state index contributed by atoms with van der Waals surface area (Å²) in [5, 5.41) is 5.15. The summed E-state index contributed by atoms with van der Waals surface area (Å²) in [6.45, 7) is 0. The molecule has 0 radical (unpaired) electrons. The number of hydrogen-bond acceptors (Lipinski definition) is 7. The molecule has 2 heterocycles. The van der Waals surface area contributed by atoms with Crippen molar-refractivity contribution >= 4 is 54.8 Å². The maximum atomic E-state index is 8.49. The van der Waals surface area contributed by atoms with Gasteiger partial charge in [-0.1, -0.05) is 91.1 Å². The molecule has 0 saturated heterocycles. The van der Waals surface area contributed by atoms with Crippen LogP contribution in [0.4, 0.5) is 0 Å². The summed E-state index contributed by atoms with van der Waals surface area (Å²) in [5.41, 5.74) is 8.63. The SMILES string of the molecule is COc1ccc(C2=N[N+](=C3C=CC(=C4C=C(c5ccc(Br)cc5)OC(c5ccc(Br)cc5)=C4)C=C3)C(c3ccccc3)C2)cc1.[O-][Cl+3]([O-])([O-])[O-]. The molecule has 0 N–H and O–H groups in total. The minimum Gasteiger partial charge on any atom is -0.497 e. The van der Waals surface area contributed by atoms with Gasteiger partial charge in [0.25, 0.3) is 0 Å². The van der Waals surface area contributed by atoms with Crippen LogP contribution in [-0.4, -0.2) is 23.2 Å². The molecule has 4 aromatic rings. The Labute approximate surface area is 308 Å². The number of hydrazone groups is 1. The van der Waals surface area contributed by atoms with E-state index in [1.807, 2.05) is 36.4 Å². The molecule has 0 spiro atoms. The molecule has 7 rings (SSSR count). The summed E-state index contributed by atoms with van der Waals surface area (Å²) in [7, 11) is -3.26. The number of halogens is 3. The van der Waals surface area contributed by atoms with E-state index in [1.165, 1.54) is 5.56 Å². The van der Waals surface area contributed by atoms with Crippen molar-refractivity contribution in [3.8, 4) is 5.75 Å². The van der Waals surface area contributed by atoms with Crippen molar-refractivity contribution in [3.05, 3.63) is 182 Å². The summed E-state index contributed by atoms with van der Waals surface area (Å²) in [4.78, 5) is 0. The zero-order chi connectivity index (χ0) is 35.3. The van der Waals surface area contributed by atoms with Crippen molar-refractivity contribution in [1.82, 2.24) is 0 Å². The van der Waals surface area contributed by atoms with E-state index in [1.54, 1.807) is 7.11 Å². The number of rotatable bonds is 5. The molecular formula is C39H29Br2ClN2O6. The first kappa shape index (κ1) is 35.4. The minimum atomic E-state index is -4.94. The molecule has 0 bridgehead atoms. The van der Waals surface area contributed by atoms with Crippen LogP contribution in [0.2, 0.25) is 0 Å². The van der Waals surface area contributed by atoms with Gasteiger partial charge in [0.15, 0.2) is 0 Å². The second-order valence-corrected chi connectivity index (χ2v) is 13.9. The van der Waals surface area contributed by atoms with Crippen molar-refractivity contribution in [2.75, 3.05) is 7.11 Å². The van der Waals surface area contributed by atoms with E-state index >= 15 is 0 Å². The van der Waals surface area contributed by atoms with Crippen LogP contribution in [0, 0.1) is 10.2 Å². The highest BCUT2D eigenvalue weighted by atomic mass is 79.9. The van der Waals surface area contributed by atoms with Crippen molar-refractivity contribution in [2.45, 2.75) is 12.5 Å². The first-order chi connectivity index (χ1) is 24.0. The van der Waals surface area contributed by atoms with Gasteiger partial charge in [0.05, 0.1) is 13.5 Å². The average Bonchev–Trinajstić information content (AvgIpc) is 3.58. The second kappa shape index (κ2) is 15.7. The van der Waals surface area contributed by atoms with Gasteiger partial charge in [-0.05, 0) is 89.1 Å². The van der Waals surface area contributed by atoms with Crippen LogP contribution in [0.5, 0.6) is 5.75 Å². The Bertz CT molecular complexity index is 1990. The lowest BCUT2D eigenvalue weighted by Crippen LogP contribution is -2.68. The van der Waals surface area contributed by atoms with E-state index < -0.39 is 10.2 Å². The maximum Gasteiger partial charge on any atom is 0.232 e. The molecule has 4 aromatic carbocycles. The van der Waals surface area contributed by atoms with Crippen LogP contribution in [0.3, 0.4) is 0 Å². The average molecular weight is 817 g/mol. The number of ether oxygens (including phenoxy) is 2. The quantitative estimate of drug-likeness (QED) is 0.252. The van der Waals surface area contributed by atoms with Gasteiger partial charge in [0.1, 0.15) is 23.0 Å². The third-order valence-corrected chi connectivity index (χ3v) is 9.09. The summed E-state index contributed by atoms with van der Waals surface area (Å²) in [5.74, 6) is 2.45. The Morgan fingerprint density at radius 2 is 1.18 bits per heavy atom. The van der Waals surface area contributed by atoms with Crippen LogP contribution >= 0.6 is 31.9 Å². The normalized spacial score (nSPS) is 17.0. The molecule has 0 aromatic heterocycles. The van der Waals surface area contributed by atoms with Gasteiger partial charge >= 0.3 is 0 Å². The van der Waals surface area contributed by atoms with E-state index in [-0.39, 0.29) is 6.04 Å². The van der Waals surface area contributed by atoms with E-state index in [2.05, 4.69) is 140 Å². The molecule has 50 heavy (non-hydrogen) atoms. The number of methoxy groups -OCH3 is 1. The molecule has 1 aliphatic carbocycles. The summed E-state index contributed by atoms with van der Waals surface area (Å²) < 4.78 is 50.0. The van der Waals surface area contributed by atoms with Gasteiger partial charge in [0.2, 0.25) is 11.8 Å². The van der Waals surface area contributed by atoms with Crippen LogP contribution in [0.25, 0.3) is 11.5 Å². The topological polar surface area (TPSA) is 126 Å². The van der Waals surface area contributed by atoms with Gasteiger partial charge in [0, 0.05) is 43.4 Å². The Kier molecular flexibility index (Phi) is 11.1. The molecule has 11 heteroatoms. The standard InChI is InChI=1S/C39H29Br2N2O2.ClHO4/c1-44-35-21-13-27(14-22-35)36-25-37(28-5-3-2-4-6-28)43(42-36)34-19-11-26(12-20-34)31-23-38(29-7-15-32(40)16-8-29)45-39(24-31)30-9-17-33(41)18-10-30;2-1(3,4)5/h2-24,37H,25H2,1H3;(H,2,3,4,5)/q+1;/p-1. The molecule has 1 unspecified atom stereocenters.